The highest BCUT2D eigenvalue weighted by atomic mass is 16.4. The second kappa shape index (κ2) is 5.98. The molecule has 1 saturated heterocycles. The van der Waals surface area contributed by atoms with Gasteiger partial charge in [-0.3, -0.25) is 0 Å². The largest absolute Gasteiger partial charge is 0.465 e. The van der Waals surface area contributed by atoms with Crippen LogP contribution in [0.1, 0.15) is 38.8 Å². The van der Waals surface area contributed by atoms with Crippen LogP contribution in [0.2, 0.25) is 0 Å². The molecule has 0 spiro atoms. The minimum atomic E-state index is -0.934. The van der Waals surface area contributed by atoms with Gasteiger partial charge in [-0.1, -0.05) is 0 Å². The maximum absolute atomic E-state index is 11.0. The number of nitrogens with zero attached hydrogens (tertiary/aromatic N) is 3. The first kappa shape index (κ1) is 16.0. The SMILES string of the molecule is Cc1cc(N2C[C@H]3CC[C@@H](C2)C3CC(C)(C)NC(=O)O)ncn1. The van der Waals surface area contributed by atoms with Crippen LogP contribution in [0.15, 0.2) is 12.4 Å². The van der Waals surface area contributed by atoms with Crippen LogP contribution in [-0.4, -0.2) is 39.8 Å². The van der Waals surface area contributed by atoms with Gasteiger partial charge in [-0.25, -0.2) is 14.8 Å². The molecule has 1 aromatic rings. The Balaban J connectivity index is 1.69. The molecule has 1 unspecified atom stereocenters. The van der Waals surface area contributed by atoms with E-state index in [1.807, 2.05) is 20.8 Å². The van der Waals surface area contributed by atoms with Gasteiger partial charge in [-0.05, 0) is 57.8 Å². The normalized spacial score (nSPS) is 27.1. The number of hydrogen-bond donors (Lipinski definition) is 2. The second-order valence-electron chi connectivity index (χ2n) is 7.70. The molecule has 1 saturated carbocycles. The van der Waals surface area contributed by atoms with Crippen molar-refractivity contribution in [1.82, 2.24) is 15.3 Å². The van der Waals surface area contributed by atoms with Gasteiger partial charge in [0.25, 0.3) is 0 Å². The highest BCUT2D eigenvalue weighted by Crippen LogP contribution is 2.46. The Morgan fingerprint density at radius 1 is 1.35 bits per heavy atom. The number of piperidine rings is 1. The maximum Gasteiger partial charge on any atom is 0.405 e. The smallest absolute Gasteiger partial charge is 0.405 e. The summed E-state index contributed by atoms with van der Waals surface area (Å²) in [6.07, 6.45) is 4.08. The summed E-state index contributed by atoms with van der Waals surface area (Å²) in [7, 11) is 0. The van der Waals surface area contributed by atoms with Gasteiger partial charge >= 0.3 is 6.09 Å². The van der Waals surface area contributed by atoms with E-state index in [0.717, 1.165) is 31.0 Å². The monoisotopic (exact) mass is 318 g/mol. The van der Waals surface area contributed by atoms with E-state index in [1.54, 1.807) is 6.33 Å². The van der Waals surface area contributed by atoms with E-state index in [0.29, 0.717) is 17.8 Å². The van der Waals surface area contributed by atoms with Gasteiger partial charge in [0.2, 0.25) is 0 Å². The molecule has 6 heteroatoms. The molecule has 1 aromatic heterocycles. The van der Waals surface area contributed by atoms with E-state index in [4.69, 9.17) is 5.11 Å². The molecule has 2 fully saturated rings. The first-order chi connectivity index (χ1) is 10.8. The summed E-state index contributed by atoms with van der Waals surface area (Å²) in [6.45, 7) is 8.00. The number of nitrogens with one attached hydrogen (secondary N) is 1. The predicted molar refractivity (Wildman–Crippen MR) is 88.5 cm³/mol. The van der Waals surface area contributed by atoms with Gasteiger partial charge < -0.3 is 15.3 Å². The quantitative estimate of drug-likeness (QED) is 0.892. The van der Waals surface area contributed by atoms with E-state index in [9.17, 15) is 4.79 Å². The molecule has 3 rings (SSSR count). The Hall–Kier alpha value is -1.85. The van der Waals surface area contributed by atoms with Crippen molar-refractivity contribution in [1.29, 1.82) is 0 Å². The third-order valence-corrected chi connectivity index (χ3v) is 5.33. The van der Waals surface area contributed by atoms with E-state index in [2.05, 4.69) is 26.3 Å². The van der Waals surface area contributed by atoms with Crippen LogP contribution in [0.3, 0.4) is 0 Å². The van der Waals surface area contributed by atoms with Crippen LogP contribution in [0.4, 0.5) is 10.6 Å². The third-order valence-electron chi connectivity index (χ3n) is 5.33. The third kappa shape index (κ3) is 3.57. The standard InChI is InChI=1S/C17H26N4O2/c1-11-6-15(19-10-18-11)21-8-12-4-5-13(9-21)14(12)7-17(2,3)20-16(22)23/h6,10,12-14,20H,4-5,7-9H2,1-3H3,(H,22,23)/t12-,13+,14?. The van der Waals surface area contributed by atoms with Crippen molar-refractivity contribution in [3.8, 4) is 0 Å². The average Bonchev–Trinajstić information content (AvgIpc) is 2.68. The number of aryl methyl sites for hydroxylation is 1. The number of fused-ring (bicyclic) bond motifs is 2. The zero-order valence-electron chi connectivity index (χ0n) is 14.1. The predicted octanol–water partition coefficient (Wildman–Crippen LogP) is 2.68. The number of rotatable bonds is 4. The molecule has 0 radical (unpaired) electrons. The van der Waals surface area contributed by atoms with Crippen molar-refractivity contribution < 1.29 is 9.90 Å². The average molecular weight is 318 g/mol. The summed E-state index contributed by atoms with van der Waals surface area (Å²) < 4.78 is 0. The number of anilines is 1. The Morgan fingerprint density at radius 2 is 2.00 bits per heavy atom. The molecule has 1 aliphatic carbocycles. The summed E-state index contributed by atoms with van der Waals surface area (Å²) in [5, 5.41) is 11.7. The fourth-order valence-electron chi connectivity index (χ4n) is 4.40. The van der Waals surface area contributed by atoms with Gasteiger partial charge in [0.15, 0.2) is 0 Å². The van der Waals surface area contributed by atoms with Crippen molar-refractivity contribution in [3.63, 3.8) is 0 Å². The van der Waals surface area contributed by atoms with E-state index in [1.165, 1.54) is 12.8 Å². The first-order valence-corrected chi connectivity index (χ1v) is 8.39. The second-order valence-corrected chi connectivity index (χ2v) is 7.70. The van der Waals surface area contributed by atoms with Gasteiger partial charge in [0.1, 0.15) is 12.1 Å². The lowest BCUT2D eigenvalue weighted by Crippen LogP contribution is -2.49. The molecule has 2 bridgehead atoms. The molecule has 126 valence electrons. The molecule has 6 nitrogen and oxygen atoms in total. The number of amides is 1. The van der Waals surface area contributed by atoms with Crippen LogP contribution in [0, 0.1) is 24.7 Å². The van der Waals surface area contributed by atoms with Gasteiger partial charge in [0, 0.05) is 30.4 Å². The fraction of sp³-hybridized carbons (Fsp3) is 0.706. The Bertz CT molecular complexity index is 576. The molecule has 23 heavy (non-hydrogen) atoms. The summed E-state index contributed by atoms with van der Waals surface area (Å²) in [5.41, 5.74) is 0.627. The van der Waals surface area contributed by atoms with Crippen LogP contribution in [0.5, 0.6) is 0 Å². The molecule has 2 N–H and O–H groups in total. The zero-order chi connectivity index (χ0) is 16.6. The van der Waals surface area contributed by atoms with Crippen LogP contribution in [-0.2, 0) is 0 Å². The molecule has 2 aliphatic rings. The topological polar surface area (TPSA) is 78.4 Å². The van der Waals surface area contributed by atoms with Crippen molar-refractivity contribution >= 4 is 11.9 Å². The highest BCUT2D eigenvalue weighted by molar-refractivity contribution is 5.65. The van der Waals surface area contributed by atoms with E-state index in [-0.39, 0.29) is 5.54 Å². The van der Waals surface area contributed by atoms with E-state index >= 15 is 0 Å². The summed E-state index contributed by atoms with van der Waals surface area (Å²) >= 11 is 0. The Morgan fingerprint density at radius 3 is 2.57 bits per heavy atom. The molecule has 1 amide bonds. The van der Waals surface area contributed by atoms with Crippen molar-refractivity contribution in [2.75, 3.05) is 18.0 Å². The minimum Gasteiger partial charge on any atom is -0.465 e. The molecule has 0 aromatic carbocycles. The van der Waals surface area contributed by atoms with Crippen LogP contribution in [0.25, 0.3) is 0 Å². The summed E-state index contributed by atoms with van der Waals surface area (Å²) in [4.78, 5) is 22.0. The molecular formula is C17H26N4O2. The summed E-state index contributed by atoms with van der Waals surface area (Å²) in [5.74, 6) is 2.87. The van der Waals surface area contributed by atoms with Crippen molar-refractivity contribution in [2.45, 2.75) is 45.6 Å². The first-order valence-electron chi connectivity index (χ1n) is 8.39. The van der Waals surface area contributed by atoms with Crippen LogP contribution >= 0.6 is 0 Å². The van der Waals surface area contributed by atoms with Gasteiger partial charge in [-0.15, -0.1) is 0 Å². The van der Waals surface area contributed by atoms with E-state index < -0.39 is 6.09 Å². The number of hydrogen-bond acceptors (Lipinski definition) is 4. The highest BCUT2D eigenvalue weighted by Gasteiger charge is 2.44. The van der Waals surface area contributed by atoms with Crippen molar-refractivity contribution in [2.24, 2.45) is 17.8 Å². The maximum atomic E-state index is 11.0. The zero-order valence-corrected chi connectivity index (χ0v) is 14.1. The lowest BCUT2D eigenvalue weighted by molar-refractivity contribution is 0.160. The molecule has 1 aliphatic heterocycles. The Kier molecular flexibility index (Phi) is 4.17. The molecule has 3 atom stereocenters. The van der Waals surface area contributed by atoms with Gasteiger partial charge in [0.05, 0.1) is 0 Å². The number of carbonyl (C=O) groups is 1. The minimum absolute atomic E-state index is 0.370. The van der Waals surface area contributed by atoms with Gasteiger partial charge in [-0.2, -0.15) is 0 Å². The van der Waals surface area contributed by atoms with Crippen LogP contribution < -0.4 is 10.2 Å². The Labute approximate surface area is 137 Å². The number of carboxylic acid groups (broad SMARTS) is 1. The molecule has 2 heterocycles. The lowest BCUT2D eigenvalue weighted by Gasteiger charge is -2.41. The van der Waals surface area contributed by atoms with Crippen molar-refractivity contribution in [3.05, 3.63) is 18.1 Å². The number of aromatic nitrogens is 2. The lowest BCUT2D eigenvalue weighted by atomic mass is 9.77. The summed E-state index contributed by atoms with van der Waals surface area (Å²) in [6, 6.07) is 2.05. The fourth-order valence-corrected chi connectivity index (χ4v) is 4.40. The molecular weight excluding hydrogens is 292 g/mol.